The Balaban J connectivity index is 3.24. The van der Waals surface area contributed by atoms with E-state index >= 15 is 0 Å². The first kappa shape index (κ1) is 16.4. The molecule has 0 aliphatic carbocycles. The van der Waals surface area contributed by atoms with Crippen molar-refractivity contribution in [3.63, 3.8) is 0 Å². The van der Waals surface area contributed by atoms with Gasteiger partial charge < -0.3 is 11.5 Å². The maximum absolute atomic E-state index is 11.9. The number of carbonyl (C=O) groups is 1. The largest absolute Gasteiger partial charge is 0.366 e. The van der Waals surface area contributed by atoms with E-state index < -0.39 is 0 Å². The van der Waals surface area contributed by atoms with Gasteiger partial charge in [0.05, 0.1) is 0 Å². The van der Waals surface area contributed by atoms with Crippen LogP contribution in [0.5, 0.6) is 0 Å². The minimum Gasteiger partial charge on any atom is -0.366 e. The number of hydrogen-bond donors (Lipinski definition) is 2. The molecule has 1 amide bonds. The molecular formula is C17H26N2O. The van der Waals surface area contributed by atoms with Crippen molar-refractivity contribution in [3.05, 3.63) is 47.0 Å². The lowest BCUT2D eigenvalue weighted by Crippen LogP contribution is -2.29. The Morgan fingerprint density at radius 3 is 2.10 bits per heavy atom. The van der Waals surface area contributed by atoms with Gasteiger partial charge >= 0.3 is 0 Å². The summed E-state index contributed by atoms with van der Waals surface area (Å²) in [6.45, 7) is 6.08. The monoisotopic (exact) mass is 274 g/mol. The molecule has 4 N–H and O–H groups in total. The van der Waals surface area contributed by atoms with Crippen LogP contribution in [0.3, 0.4) is 0 Å². The van der Waals surface area contributed by atoms with Gasteiger partial charge in [-0.2, -0.15) is 0 Å². The van der Waals surface area contributed by atoms with Crippen molar-refractivity contribution < 1.29 is 4.79 Å². The van der Waals surface area contributed by atoms with Gasteiger partial charge in [-0.3, -0.25) is 4.79 Å². The molecule has 1 aromatic carbocycles. The zero-order valence-electron chi connectivity index (χ0n) is 12.7. The number of benzene rings is 1. The van der Waals surface area contributed by atoms with E-state index in [1.807, 2.05) is 37.3 Å². The summed E-state index contributed by atoms with van der Waals surface area (Å²) in [4.78, 5) is 11.9. The smallest absolute Gasteiger partial charge is 0.244 e. The number of primary amides is 1. The molecular weight excluding hydrogens is 248 g/mol. The number of carbonyl (C=O) groups excluding carboxylic acids is 1. The molecule has 0 saturated heterocycles. The molecule has 1 unspecified atom stereocenters. The summed E-state index contributed by atoms with van der Waals surface area (Å²) in [5, 5.41) is 0. The van der Waals surface area contributed by atoms with Crippen molar-refractivity contribution in [2.24, 2.45) is 17.4 Å². The lowest BCUT2D eigenvalue weighted by Gasteiger charge is -2.22. The van der Waals surface area contributed by atoms with Crippen LogP contribution >= 0.6 is 0 Å². The van der Waals surface area contributed by atoms with E-state index in [0.29, 0.717) is 6.42 Å². The second-order valence-electron chi connectivity index (χ2n) is 5.27. The first-order valence-corrected chi connectivity index (χ1v) is 7.33. The third-order valence-corrected chi connectivity index (χ3v) is 3.79. The first-order valence-electron chi connectivity index (χ1n) is 7.33. The fourth-order valence-corrected chi connectivity index (χ4v) is 2.64. The summed E-state index contributed by atoms with van der Waals surface area (Å²) in [5.74, 6) is -0.140. The van der Waals surface area contributed by atoms with Crippen LogP contribution in [0.25, 0.3) is 0 Å². The molecule has 20 heavy (non-hydrogen) atoms. The highest BCUT2D eigenvalue weighted by Crippen LogP contribution is 2.25. The molecule has 0 saturated carbocycles. The van der Waals surface area contributed by atoms with Gasteiger partial charge in [-0.1, -0.05) is 44.2 Å². The molecule has 110 valence electrons. The molecule has 1 aromatic rings. The topological polar surface area (TPSA) is 69.1 Å². The number of hydrogen-bond acceptors (Lipinski definition) is 2. The Morgan fingerprint density at radius 2 is 1.70 bits per heavy atom. The third-order valence-electron chi connectivity index (χ3n) is 3.79. The number of amides is 1. The van der Waals surface area contributed by atoms with E-state index in [4.69, 9.17) is 11.5 Å². The Kier molecular flexibility index (Phi) is 6.46. The fourth-order valence-electron chi connectivity index (χ4n) is 2.64. The summed E-state index contributed by atoms with van der Waals surface area (Å²) in [5.41, 5.74) is 14.6. The van der Waals surface area contributed by atoms with E-state index in [2.05, 4.69) is 13.8 Å². The standard InChI is InChI=1S/C17H26N2O/c1-4-14(5-2)16(17(19)20)15(12(3)18)11-13-9-7-6-8-10-13/h6-10,12,14H,4-5,11,18H2,1-3H3,(H2,19,20)/b16-15+. The minimum absolute atomic E-state index is 0.168. The molecule has 0 radical (unpaired) electrons. The molecule has 0 aromatic heterocycles. The summed E-state index contributed by atoms with van der Waals surface area (Å²) < 4.78 is 0. The summed E-state index contributed by atoms with van der Waals surface area (Å²) in [6.07, 6.45) is 2.49. The van der Waals surface area contributed by atoms with Gasteiger partial charge in [-0.25, -0.2) is 0 Å². The van der Waals surface area contributed by atoms with E-state index in [1.165, 1.54) is 0 Å². The van der Waals surface area contributed by atoms with Gasteiger partial charge in [-0.05, 0) is 43.2 Å². The summed E-state index contributed by atoms with van der Waals surface area (Å²) >= 11 is 0. The zero-order chi connectivity index (χ0) is 15.1. The van der Waals surface area contributed by atoms with Gasteiger partial charge in [-0.15, -0.1) is 0 Å². The second kappa shape index (κ2) is 7.85. The van der Waals surface area contributed by atoms with Crippen molar-refractivity contribution in [2.75, 3.05) is 0 Å². The SMILES string of the molecule is CCC(CC)/C(C(N)=O)=C(/Cc1ccccc1)C(C)N. The van der Waals surface area contributed by atoms with Crippen LogP contribution in [0.4, 0.5) is 0 Å². The first-order chi connectivity index (χ1) is 9.51. The highest BCUT2D eigenvalue weighted by atomic mass is 16.1. The van der Waals surface area contributed by atoms with Gasteiger partial charge in [0.1, 0.15) is 0 Å². The fraction of sp³-hybridized carbons (Fsp3) is 0.471. The Labute approximate surface area is 122 Å². The van der Waals surface area contributed by atoms with Gasteiger partial charge in [0, 0.05) is 11.6 Å². The maximum atomic E-state index is 11.9. The van der Waals surface area contributed by atoms with E-state index in [1.54, 1.807) is 0 Å². The van der Waals surface area contributed by atoms with Gasteiger partial charge in [0.2, 0.25) is 5.91 Å². The molecule has 0 heterocycles. The minimum atomic E-state index is -0.332. The second-order valence-corrected chi connectivity index (χ2v) is 5.27. The Morgan fingerprint density at radius 1 is 1.15 bits per heavy atom. The number of nitrogens with two attached hydrogens (primary N) is 2. The van der Waals surface area contributed by atoms with Gasteiger partial charge in [0.15, 0.2) is 0 Å². The summed E-state index contributed by atoms with van der Waals surface area (Å²) in [7, 11) is 0. The molecule has 0 aliphatic rings. The lowest BCUT2D eigenvalue weighted by atomic mass is 9.84. The average Bonchev–Trinajstić information content (AvgIpc) is 2.43. The van der Waals surface area contributed by atoms with Crippen LogP contribution in [0.15, 0.2) is 41.5 Å². The predicted molar refractivity (Wildman–Crippen MR) is 84.1 cm³/mol. The van der Waals surface area contributed by atoms with Crippen LogP contribution in [-0.4, -0.2) is 11.9 Å². The average molecular weight is 274 g/mol. The summed E-state index contributed by atoms with van der Waals surface area (Å²) in [6, 6.07) is 9.90. The van der Waals surface area contributed by atoms with Crippen molar-refractivity contribution in [1.82, 2.24) is 0 Å². The Hall–Kier alpha value is -1.61. The number of rotatable bonds is 7. The van der Waals surface area contributed by atoms with E-state index in [0.717, 1.165) is 29.6 Å². The predicted octanol–water partition coefficient (Wildman–Crippen LogP) is 2.79. The maximum Gasteiger partial charge on any atom is 0.244 e. The van der Waals surface area contributed by atoms with Crippen molar-refractivity contribution in [2.45, 2.75) is 46.1 Å². The van der Waals surface area contributed by atoms with E-state index in [9.17, 15) is 4.79 Å². The van der Waals surface area contributed by atoms with E-state index in [-0.39, 0.29) is 17.9 Å². The Bertz CT molecular complexity index is 459. The molecule has 1 atom stereocenters. The van der Waals surface area contributed by atoms with Crippen molar-refractivity contribution in [1.29, 1.82) is 0 Å². The highest BCUT2D eigenvalue weighted by Gasteiger charge is 2.22. The molecule has 0 aliphatic heterocycles. The van der Waals surface area contributed by atoms with Crippen LogP contribution in [0.2, 0.25) is 0 Å². The molecule has 3 nitrogen and oxygen atoms in total. The van der Waals surface area contributed by atoms with Crippen molar-refractivity contribution >= 4 is 5.91 Å². The van der Waals surface area contributed by atoms with Crippen molar-refractivity contribution in [3.8, 4) is 0 Å². The van der Waals surface area contributed by atoms with Crippen LogP contribution in [0.1, 0.15) is 39.2 Å². The zero-order valence-corrected chi connectivity index (χ0v) is 12.7. The lowest BCUT2D eigenvalue weighted by molar-refractivity contribution is -0.115. The third kappa shape index (κ3) is 4.20. The normalized spacial score (nSPS) is 14.1. The highest BCUT2D eigenvalue weighted by molar-refractivity contribution is 5.93. The molecule has 0 fully saturated rings. The molecule has 0 bridgehead atoms. The van der Waals surface area contributed by atoms with Crippen LogP contribution in [-0.2, 0) is 11.2 Å². The quantitative estimate of drug-likeness (QED) is 0.751. The molecule has 1 rings (SSSR count). The van der Waals surface area contributed by atoms with Crippen LogP contribution in [0, 0.1) is 5.92 Å². The van der Waals surface area contributed by atoms with Gasteiger partial charge in [0.25, 0.3) is 0 Å². The van der Waals surface area contributed by atoms with Crippen LogP contribution < -0.4 is 11.5 Å². The molecule has 3 heteroatoms. The molecule has 0 spiro atoms.